The molecule has 2 saturated heterocycles. The molecule has 7 nitrogen and oxygen atoms in total. The van der Waals surface area contributed by atoms with Gasteiger partial charge < -0.3 is 10.2 Å². The molecule has 1 saturated carbocycles. The number of aromatic amines is 1. The summed E-state index contributed by atoms with van der Waals surface area (Å²) in [5.41, 5.74) is 4.59. The van der Waals surface area contributed by atoms with E-state index in [0.29, 0.717) is 23.7 Å². The number of nitrogens with one attached hydrogen (secondary N) is 2. The molecule has 2 N–H and O–H groups in total. The van der Waals surface area contributed by atoms with Gasteiger partial charge in [0, 0.05) is 34.1 Å². The molecular formula is C21H23N5O2S. The second-order valence-corrected chi connectivity index (χ2v) is 9.29. The normalized spacial score (nSPS) is 22.8. The minimum Gasteiger partial charge on any atom is -0.347 e. The molecule has 0 aromatic carbocycles. The first-order chi connectivity index (χ1) is 13.8. The summed E-state index contributed by atoms with van der Waals surface area (Å²) in [4.78, 5) is 33.7. The van der Waals surface area contributed by atoms with E-state index in [9.17, 15) is 9.59 Å². The molecule has 3 aliphatic rings. The van der Waals surface area contributed by atoms with E-state index >= 15 is 0 Å². The van der Waals surface area contributed by atoms with E-state index in [0.717, 1.165) is 34.3 Å². The maximum Gasteiger partial charge on any atom is 0.255 e. The number of H-pyrrole nitrogens is 1. The number of nitrogens with zero attached hydrogens (tertiary/aromatic N) is 3. The van der Waals surface area contributed by atoms with Crippen LogP contribution in [0, 0.1) is 33.6 Å². The van der Waals surface area contributed by atoms with Gasteiger partial charge in [-0.15, -0.1) is 11.3 Å². The monoisotopic (exact) mass is 409 g/mol. The highest BCUT2D eigenvalue weighted by Crippen LogP contribution is 2.42. The lowest BCUT2D eigenvalue weighted by molar-refractivity contribution is 0.0699. The summed E-state index contributed by atoms with van der Waals surface area (Å²) in [7, 11) is 0. The molecule has 6 rings (SSSR count). The number of fused-ring (bicyclic) bond motifs is 2. The van der Waals surface area contributed by atoms with E-state index in [2.05, 4.69) is 20.5 Å². The van der Waals surface area contributed by atoms with Crippen LogP contribution in [0.15, 0.2) is 11.4 Å². The lowest BCUT2D eigenvalue weighted by Gasteiger charge is -2.37. The first kappa shape index (κ1) is 18.3. The molecule has 8 heteroatoms. The van der Waals surface area contributed by atoms with Crippen molar-refractivity contribution in [3.05, 3.63) is 44.4 Å². The summed E-state index contributed by atoms with van der Waals surface area (Å²) in [5, 5.41) is 13.0. The fourth-order valence-electron chi connectivity index (χ4n) is 4.65. The lowest BCUT2D eigenvalue weighted by Crippen LogP contribution is -2.55. The number of aromatic nitrogens is 3. The average Bonchev–Trinajstić information content (AvgIpc) is 3.43. The van der Waals surface area contributed by atoms with Crippen LogP contribution in [0.5, 0.6) is 0 Å². The Morgan fingerprint density at radius 2 is 2.03 bits per heavy atom. The first-order valence-electron chi connectivity index (χ1n) is 9.84. The molecule has 2 aliphatic heterocycles. The highest BCUT2D eigenvalue weighted by Gasteiger charge is 2.54. The highest BCUT2D eigenvalue weighted by molar-refractivity contribution is 7.10. The number of carbonyl (C=O) groups is 2. The van der Waals surface area contributed by atoms with E-state index < -0.39 is 0 Å². The van der Waals surface area contributed by atoms with Gasteiger partial charge in [-0.05, 0) is 45.7 Å². The van der Waals surface area contributed by atoms with Crippen LogP contribution in [0.1, 0.15) is 49.0 Å². The Labute approximate surface area is 172 Å². The van der Waals surface area contributed by atoms with E-state index in [1.54, 1.807) is 17.4 Å². The van der Waals surface area contributed by atoms with Gasteiger partial charge in [0.15, 0.2) is 5.65 Å². The number of hydrogen-bond donors (Lipinski definition) is 2. The van der Waals surface area contributed by atoms with Crippen molar-refractivity contribution >= 4 is 34.2 Å². The van der Waals surface area contributed by atoms with Gasteiger partial charge in [0.25, 0.3) is 11.8 Å². The highest BCUT2D eigenvalue weighted by atomic mass is 32.1. The molecule has 3 aromatic heterocycles. The summed E-state index contributed by atoms with van der Waals surface area (Å²) in [6.07, 6.45) is 0.953. The van der Waals surface area contributed by atoms with Crippen LogP contribution < -0.4 is 5.32 Å². The summed E-state index contributed by atoms with van der Waals surface area (Å²) >= 11 is 1.61. The van der Waals surface area contributed by atoms with Gasteiger partial charge in [0.2, 0.25) is 0 Å². The predicted octanol–water partition coefficient (Wildman–Crippen LogP) is 2.90. The van der Waals surface area contributed by atoms with Crippen molar-refractivity contribution in [1.82, 2.24) is 25.4 Å². The van der Waals surface area contributed by atoms with Crippen molar-refractivity contribution in [1.29, 1.82) is 0 Å². The van der Waals surface area contributed by atoms with E-state index in [1.165, 1.54) is 4.88 Å². The molecule has 2 bridgehead atoms. The van der Waals surface area contributed by atoms with Crippen molar-refractivity contribution < 1.29 is 9.59 Å². The third-order valence-corrected chi connectivity index (χ3v) is 7.46. The first-order valence-corrected chi connectivity index (χ1v) is 10.7. The van der Waals surface area contributed by atoms with Gasteiger partial charge in [-0.2, -0.15) is 5.10 Å². The van der Waals surface area contributed by atoms with Crippen molar-refractivity contribution in [2.45, 2.75) is 46.2 Å². The van der Waals surface area contributed by atoms with E-state index in [1.807, 2.05) is 38.0 Å². The van der Waals surface area contributed by atoms with Gasteiger partial charge in [-0.1, -0.05) is 0 Å². The fraction of sp³-hybridized carbons (Fsp3) is 0.429. The summed E-state index contributed by atoms with van der Waals surface area (Å²) in [6.45, 7) is 8.50. The zero-order valence-corrected chi connectivity index (χ0v) is 17.7. The van der Waals surface area contributed by atoms with E-state index in [-0.39, 0.29) is 23.9 Å². The molecule has 150 valence electrons. The van der Waals surface area contributed by atoms with Crippen molar-refractivity contribution in [3.63, 3.8) is 0 Å². The topological polar surface area (TPSA) is 91.0 Å². The molecule has 0 spiro atoms. The minimum absolute atomic E-state index is 0.00205. The molecule has 3 atom stereocenters. The number of amides is 2. The Morgan fingerprint density at radius 3 is 2.76 bits per heavy atom. The van der Waals surface area contributed by atoms with Crippen LogP contribution >= 0.6 is 11.3 Å². The van der Waals surface area contributed by atoms with E-state index in [4.69, 9.17) is 0 Å². The van der Waals surface area contributed by atoms with Crippen molar-refractivity contribution in [2.24, 2.45) is 5.92 Å². The third kappa shape index (κ3) is 2.69. The Morgan fingerprint density at radius 1 is 1.24 bits per heavy atom. The van der Waals surface area contributed by atoms with Crippen LogP contribution in [0.3, 0.4) is 0 Å². The number of hydrogen-bond acceptors (Lipinski definition) is 5. The van der Waals surface area contributed by atoms with Gasteiger partial charge in [-0.3, -0.25) is 14.7 Å². The minimum atomic E-state index is -0.124. The zero-order chi connectivity index (χ0) is 20.4. The number of aryl methyl sites for hydroxylation is 3. The quantitative estimate of drug-likeness (QED) is 0.696. The second kappa shape index (κ2) is 6.38. The Kier molecular flexibility index (Phi) is 4.03. The average molecular weight is 410 g/mol. The Hall–Kier alpha value is -2.74. The summed E-state index contributed by atoms with van der Waals surface area (Å²) < 4.78 is 0. The van der Waals surface area contributed by atoms with Crippen molar-refractivity contribution in [3.8, 4) is 0 Å². The van der Waals surface area contributed by atoms with Gasteiger partial charge in [0.05, 0.1) is 28.6 Å². The molecule has 29 heavy (non-hydrogen) atoms. The van der Waals surface area contributed by atoms with Gasteiger partial charge >= 0.3 is 0 Å². The molecule has 0 radical (unpaired) electrons. The Balaban J connectivity index is 1.37. The SMILES string of the molecule is Cc1cc(C(=O)N[C@@H]2[C@H]3C[C@@H]2N(C(=O)c2csc(C)c2C)C3)c2c(C)[nH]nc2n1. The van der Waals surface area contributed by atoms with Gasteiger partial charge in [-0.25, -0.2) is 4.98 Å². The standard InChI is InChI=1S/C21H23N5O2S/c1-9-5-14(17-11(3)24-25-19(17)22-9)20(27)23-18-13-6-16(18)26(7-13)21(28)15-8-29-12(4)10(15)2/h5,8,13,16,18H,6-7H2,1-4H3,(H,23,27)(H,22,24,25)/t13-,16-,18+/m0/s1. The molecular weight excluding hydrogens is 386 g/mol. The van der Waals surface area contributed by atoms with Crippen LogP contribution in [-0.2, 0) is 0 Å². The maximum atomic E-state index is 13.1. The van der Waals surface area contributed by atoms with Crippen LogP contribution in [0.4, 0.5) is 0 Å². The smallest absolute Gasteiger partial charge is 0.255 e. The third-order valence-electron chi connectivity index (χ3n) is 6.45. The zero-order valence-electron chi connectivity index (χ0n) is 16.9. The summed E-state index contributed by atoms with van der Waals surface area (Å²) in [6, 6.07) is 1.88. The number of pyridine rings is 1. The second-order valence-electron chi connectivity index (χ2n) is 8.21. The molecule has 1 aliphatic carbocycles. The van der Waals surface area contributed by atoms with Crippen molar-refractivity contribution in [2.75, 3.05) is 6.54 Å². The molecule has 0 unspecified atom stereocenters. The number of carbonyl (C=O) groups excluding carboxylic acids is 2. The molecule has 2 amide bonds. The lowest BCUT2D eigenvalue weighted by atomic mass is 9.79. The molecule has 3 aromatic rings. The predicted molar refractivity (Wildman–Crippen MR) is 111 cm³/mol. The summed E-state index contributed by atoms with van der Waals surface area (Å²) in [5.74, 6) is 0.280. The molecule has 3 fully saturated rings. The van der Waals surface area contributed by atoms with Gasteiger partial charge in [0.1, 0.15) is 0 Å². The Bertz CT molecular complexity index is 1160. The fourth-order valence-corrected chi connectivity index (χ4v) is 5.51. The maximum absolute atomic E-state index is 13.1. The van der Waals surface area contributed by atoms with Crippen LogP contribution in [0.25, 0.3) is 11.0 Å². The number of thiophene rings is 1. The largest absolute Gasteiger partial charge is 0.347 e. The van der Waals surface area contributed by atoms with Crippen LogP contribution in [-0.4, -0.2) is 50.5 Å². The molecule has 5 heterocycles. The van der Waals surface area contributed by atoms with Crippen LogP contribution in [0.2, 0.25) is 0 Å². The number of rotatable bonds is 3.